The van der Waals surface area contributed by atoms with Crippen LogP contribution in [0.3, 0.4) is 0 Å². The van der Waals surface area contributed by atoms with Gasteiger partial charge in [-0.05, 0) is 36.2 Å². The van der Waals surface area contributed by atoms with Gasteiger partial charge in [0, 0.05) is 5.69 Å². The van der Waals surface area contributed by atoms with Crippen molar-refractivity contribution in [3.63, 3.8) is 0 Å². The highest BCUT2D eigenvalue weighted by Crippen LogP contribution is 2.22. The average molecular weight is 304 g/mol. The zero-order valence-corrected chi connectivity index (χ0v) is 12.7. The van der Waals surface area contributed by atoms with E-state index in [2.05, 4.69) is 12.2 Å². The van der Waals surface area contributed by atoms with Crippen LogP contribution in [0.5, 0.6) is 5.75 Å². The number of rotatable bonds is 6. The molecule has 0 aliphatic heterocycles. The molecule has 0 spiro atoms. The molecule has 21 heavy (non-hydrogen) atoms. The summed E-state index contributed by atoms with van der Waals surface area (Å²) in [6.07, 6.45) is 2.15. The molecule has 3 nitrogen and oxygen atoms in total. The maximum Gasteiger partial charge on any atom is 0.262 e. The molecule has 0 unspecified atom stereocenters. The van der Waals surface area contributed by atoms with Crippen molar-refractivity contribution >= 4 is 23.2 Å². The van der Waals surface area contributed by atoms with Gasteiger partial charge in [-0.25, -0.2) is 0 Å². The van der Waals surface area contributed by atoms with E-state index in [0.717, 1.165) is 18.5 Å². The summed E-state index contributed by atoms with van der Waals surface area (Å²) in [6, 6.07) is 14.9. The molecule has 0 saturated heterocycles. The molecule has 0 atom stereocenters. The molecular weight excluding hydrogens is 286 g/mol. The normalized spacial score (nSPS) is 10.2. The molecule has 0 aliphatic rings. The lowest BCUT2D eigenvalue weighted by Gasteiger charge is -2.09. The second-order valence-electron chi connectivity index (χ2n) is 4.71. The minimum Gasteiger partial charge on any atom is -0.482 e. The number of hydrogen-bond acceptors (Lipinski definition) is 2. The van der Waals surface area contributed by atoms with Crippen LogP contribution in [0.4, 0.5) is 5.69 Å². The number of halogens is 1. The van der Waals surface area contributed by atoms with E-state index in [1.807, 2.05) is 36.4 Å². The molecule has 2 aromatic carbocycles. The van der Waals surface area contributed by atoms with Crippen molar-refractivity contribution in [1.82, 2.24) is 0 Å². The number of para-hydroxylation sites is 1. The Morgan fingerprint density at radius 2 is 1.86 bits per heavy atom. The first-order chi connectivity index (χ1) is 10.2. The van der Waals surface area contributed by atoms with Crippen molar-refractivity contribution in [2.24, 2.45) is 0 Å². The highest BCUT2D eigenvalue weighted by atomic mass is 35.5. The number of benzene rings is 2. The largest absolute Gasteiger partial charge is 0.482 e. The van der Waals surface area contributed by atoms with Crippen LogP contribution in [0.25, 0.3) is 0 Å². The van der Waals surface area contributed by atoms with Crippen LogP contribution >= 0.6 is 11.6 Å². The van der Waals surface area contributed by atoms with Crippen molar-refractivity contribution in [2.75, 3.05) is 11.9 Å². The van der Waals surface area contributed by atoms with Crippen molar-refractivity contribution in [1.29, 1.82) is 0 Å². The zero-order chi connectivity index (χ0) is 15.1. The second kappa shape index (κ2) is 7.70. The van der Waals surface area contributed by atoms with Crippen LogP contribution in [0, 0.1) is 0 Å². The first-order valence-electron chi connectivity index (χ1n) is 6.95. The number of nitrogens with one attached hydrogen (secondary N) is 1. The molecule has 0 heterocycles. The fourth-order valence-electron chi connectivity index (χ4n) is 1.95. The summed E-state index contributed by atoms with van der Waals surface area (Å²) in [6.45, 7) is 2.07. The van der Waals surface area contributed by atoms with E-state index in [0.29, 0.717) is 10.8 Å². The van der Waals surface area contributed by atoms with Gasteiger partial charge in [0.1, 0.15) is 5.75 Å². The summed E-state index contributed by atoms with van der Waals surface area (Å²) in [7, 11) is 0. The van der Waals surface area contributed by atoms with Crippen LogP contribution in [-0.4, -0.2) is 12.5 Å². The van der Waals surface area contributed by atoms with Crippen LogP contribution in [-0.2, 0) is 11.2 Å². The first kappa shape index (κ1) is 15.4. The summed E-state index contributed by atoms with van der Waals surface area (Å²) in [5, 5.41) is 3.29. The quantitative estimate of drug-likeness (QED) is 0.863. The minimum atomic E-state index is -0.210. The van der Waals surface area contributed by atoms with Gasteiger partial charge in [-0.15, -0.1) is 0 Å². The molecule has 2 rings (SSSR count). The molecule has 4 heteroatoms. The Kier molecular flexibility index (Phi) is 5.64. The van der Waals surface area contributed by atoms with Crippen LogP contribution in [0.1, 0.15) is 18.9 Å². The van der Waals surface area contributed by atoms with Gasteiger partial charge in [0.2, 0.25) is 0 Å². The predicted octanol–water partition coefficient (Wildman–Crippen LogP) is 4.31. The van der Waals surface area contributed by atoms with Gasteiger partial charge in [-0.1, -0.05) is 49.2 Å². The van der Waals surface area contributed by atoms with Gasteiger partial charge in [0.25, 0.3) is 5.91 Å². The van der Waals surface area contributed by atoms with Gasteiger partial charge in [0.15, 0.2) is 6.61 Å². The Labute approximate surface area is 129 Å². The second-order valence-corrected chi connectivity index (χ2v) is 5.12. The van der Waals surface area contributed by atoms with E-state index in [1.54, 1.807) is 12.1 Å². The van der Waals surface area contributed by atoms with Crippen molar-refractivity contribution < 1.29 is 9.53 Å². The molecule has 0 fully saturated rings. The number of anilines is 1. The molecule has 0 saturated carbocycles. The van der Waals surface area contributed by atoms with E-state index in [9.17, 15) is 4.79 Å². The molecule has 1 amide bonds. The monoisotopic (exact) mass is 303 g/mol. The number of amides is 1. The standard InChI is InChI=1S/C17H18ClNO2/c1-2-5-13-8-10-14(11-9-13)19-17(20)12-21-16-7-4-3-6-15(16)18/h3-4,6-11H,2,5,12H2,1H3,(H,19,20). The maximum atomic E-state index is 11.8. The van der Waals surface area contributed by atoms with E-state index >= 15 is 0 Å². The third kappa shape index (κ3) is 4.80. The van der Waals surface area contributed by atoms with Gasteiger partial charge in [-0.2, -0.15) is 0 Å². The number of carbonyl (C=O) groups is 1. The lowest BCUT2D eigenvalue weighted by atomic mass is 10.1. The SMILES string of the molecule is CCCc1ccc(NC(=O)COc2ccccc2Cl)cc1. The Balaban J connectivity index is 1.85. The Morgan fingerprint density at radius 3 is 2.52 bits per heavy atom. The highest BCUT2D eigenvalue weighted by molar-refractivity contribution is 6.32. The maximum absolute atomic E-state index is 11.8. The lowest BCUT2D eigenvalue weighted by Crippen LogP contribution is -2.20. The molecule has 1 N–H and O–H groups in total. The van der Waals surface area contributed by atoms with E-state index < -0.39 is 0 Å². The summed E-state index contributed by atoms with van der Waals surface area (Å²) in [4.78, 5) is 11.8. The van der Waals surface area contributed by atoms with Gasteiger partial charge in [0.05, 0.1) is 5.02 Å². The fourth-order valence-corrected chi connectivity index (χ4v) is 2.14. The first-order valence-corrected chi connectivity index (χ1v) is 7.33. The average Bonchev–Trinajstić information content (AvgIpc) is 2.49. The number of hydrogen-bond donors (Lipinski definition) is 1. The molecule has 0 aliphatic carbocycles. The van der Waals surface area contributed by atoms with Gasteiger partial charge >= 0.3 is 0 Å². The van der Waals surface area contributed by atoms with Gasteiger partial charge < -0.3 is 10.1 Å². The van der Waals surface area contributed by atoms with Gasteiger partial charge in [-0.3, -0.25) is 4.79 Å². The van der Waals surface area contributed by atoms with E-state index in [4.69, 9.17) is 16.3 Å². The summed E-state index contributed by atoms with van der Waals surface area (Å²) in [5.41, 5.74) is 2.03. The minimum absolute atomic E-state index is 0.0690. The lowest BCUT2D eigenvalue weighted by molar-refractivity contribution is -0.118. The number of ether oxygens (including phenoxy) is 1. The molecule has 110 valence electrons. The van der Waals surface area contributed by atoms with Crippen molar-refractivity contribution in [2.45, 2.75) is 19.8 Å². The van der Waals surface area contributed by atoms with E-state index in [1.165, 1.54) is 5.56 Å². The fraction of sp³-hybridized carbons (Fsp3) is 0.235. The molecule has 0 bridgehead atoms. The number of aryl methyl sites for hydroxylation is 1. The summed E-state index contributed by atoms with van der Waals surface area (Å²) < 4.78 is 5.39. The highest BCUT2D eigenvalue weighted by Gasteiger charge is 2.06. The molecule has 0 aromatic heterocycles. The molecule has 0 radical (unpaired) electrons. The topological polar surface area (TPSA) is 38.3 Å². The Hall–Kier alpha value is -2.00. The zero-order valence-electron chi connectivity index (χ0n) is 11.9. The number of carbonyl (C=O) groups excluding carboxylic acids is 1. The molecule has 2 aromatic rings. The third-order valence-electron chi connectivity index (χ3n) is 2.97. The molecular formula is C17H18ClNO2. The smallest absolute Gasteiger partial charge is 0.262 e. The summed E-state index contributed by atoms with van der Waals surface area (Å²) >= 11 is 5.96. The van der Waals surface area contributed by atoms with Crippen LogP contribution in [0.2, 0.25) is 5.02 Å². The summed E-state index contributed by atoms with van der Waals surface area (Å²) in [5.74, 6) is 0.297. The Bertz CT molecular complexity index is 596. The van der Waals surface area contributed by atoms with Crippen LogP contribution < -0.4 is 10.1 Å². The van der Waals surface area contributed by atoms with Crippen LogP contribution in [0.15, 0.2) is 48.5 Å². The Morgan fingerprint density at radius 1 is 1.14 bits per heavy atom. The predicted molar refractivity (Wildman–Crippen MR) is 86.0 cm³/mol. The van der Waals surface area contributed by atoms with Crippen molar-refractivity contribution in [3.8, 4) is 5.75 Å². The van der Waals surface area contributed by atoms with Crippen molar-refractivity contribution in [3.05, 3.63) is 59.1 Å². The van der Waals surface area contributed by atoms with E-state index in [-0.39, 0.29) is 12.5 Å². The third-order valence-corrected chi connectivity index (χ3v) is 3.28.